The number of allylic oxidation sites excluding steroid dienone is 1. The molecular weight excluding hydrogens is 360 g/mol. The average Bonchev–Trinajstić information content (AvgIpc) is 2.58. The molecule has 1 heterocycles. The molecule has 6 heteroatoms. The SMILES string of the molecule is CC.CC.C[C@@H]1O[C@@H](OC(C)(C)CC/C=C/C(=O)OC(C)(C)C)[C@H](O)C[C@H]1O. The smallest absolute Gasteiger partial charge is 0.330 e. The molecule has 0 radical (unpaired) electrons. The van der Waals surface area contributed by atoms with Crippen LogP contribution in [0.5, 0.6) is 0 Å². The van der Waals surface area contributed by atoms with Crippen LogP contribution in [0.2, 0.25) is 0 Å². The lowest BCUT2D eigenvalue weighted by atomic mass is 10.0. The van der Waals surface area contributed by atoms with Crippen LogP contribution in [-0.2, 0) is 19.0 Å². The standard InChI is InChI=1S/C18H32O6.2C2H6/c1-12-13(19)11-14(20)16(22-12)24-18(5,6)10-8-7-9-15(21)23-17(2,3)4;2*1-2/h7,9,12-14,16,19-20H,8,10-11H2,1-6H3;2*1-2H3/b9-7+;;/t12-,13+,14+,16-;;/m0../s1. The van der Waals surface area contributed by atoms with E-state index in [4.69, 9.17) is 14.2 Å². The number of aliphatic hydroxyl groups is 2. The minimum absolute atomic E-state index is 0.237. The van der Waals surface area contributed by atoms with Gasteiger partial charge in [-0.2, -0.15) is 0 Å². The van der Waals surface area contributed by atoms with Gasteiger partial charge in [0.05, 0.1) is 17.8 Å². The van der Waals surface area contributed by atoms with E-state index in [9.17, 15) is 15.0 Å². The summed E-state index contributed by atoms with van der Waals surface area (Å²) < 4.78 is 16.6. The highest BCUT2D eigenvalue weighted by molar-refractivity contribution is 5.82. The molecule has 0 amide bonds. The number of hydrogen-bond donors (Lipinski definition) is 2. The van der Waals surface area contributed by atoms with Gasteiger partial charge in [-0.25, -0.2) is 4.79 Å². The largest absolute Gasteiger partial charge is 0.457 e. The van der Waals surface area contributed by atoms with Crippen molar-refractivity contribution in [1.82, 2.24) is 0 Å². The molecule has 0 aliphatic carbocycles. The molecular formula is C22H44O6. The first-order valence-corrected chi connectivity index (χ1v) is 10.5. The first kappa shape index (κ1) is 29.3. The van der Waals surface area contributed by atoms with Crippen LogP contribution in [0.15, 0.2) is 12.2 Å². The maximum absolute atomic E-state index is 11.6. The van der Waals surface area contributed by atoms with Crippen molar-refractivity contribution in [3.63, 3.8) is 0 Å². The highest BCUT2D eigenvalue weighted by atomic mass is 16.7. The lowest BCUT2D eigenvalue weighted by molar-refractivity contribution is -0.291. The molecule has 28 heavy (non-hydrogen) atoms. The summed E-state index contributed by atoms with van der Waals surface area (Å²) in [6.07, 6.45) is 2.03. The fourth-order valence-corrected chi connectivity index (χ4v) is 2.37. The summed E-state index contributed by atoms with van der Waals surface area (Å²) >= 11 is 0. The second kappa shape index (κ2) is 14.1. The van der Waals surface area contributed by atoms with Gasteiger partial charge >= 0.3 is 5.97 Å². The van der Waals surface area contributed by atoms with E-state index in [0.717, 1.165) is 0 Å². The summed E-state index contributed by atoms with van der Waals surface area (Å²) in [4.78, 5) is 11.6. The first-order valence-electron chi connectivity index (χ1n) is 10.5. The van der Waals surface area contributed by atoms with E-state index in [1.807, 2.05) is 62.3 Å². The number of aliphatic hydroxyl groups excluding tert-OH is 2. The van der Waals surface area contributed by atoms with Crippen LogP contribution in [-0.4, -0.2) is 52.0 Å². The minimum Gasteiger partial charge on any atom is -0.457 e. The zero-order valence-corrected chi connectivity index (χ0v) is 19.6. The molecule has 0 unspecified atom stereocenters. The van der Waals surface area contributed by atoms with Gasteiger partial charge in [0, 0.05) is 12.5 Å². The Bertz CT molecular complexity index is 439. The van der Waals surface area contributed by atoms with Crippen molar-refractivity contribution in [3.8, 4) is 0 Å². The van der Waals surface area contributed by atoms with E-state index in [0.29, 0.717) is 12.8 Å². The van der Waals surface area contributed by atoms with Crippen molar-refractivity contribution >= 4 is 5.97 Å². The van der Waals surface area contributed by atoms with Crippen LogP contribution in [0.4, 0.5) is 0 Å². The number of hydrogen-bond acceptors (Lipinski definition) is 6. The van der Waals surface area contributed by atoms with Crippen molar-refractivity contribution < 1.29 is 29.2 Å². The third-order valence-electron chi connectivity index (χ3n) is 3.70. The monoisotopic (exact) mass is 404 g/mol. The Balaban J connectivity index is 0. The molecule has 168 valence electrons. The first-order chi connectivity index (χ1) is 12.9. The van der Waals surface area contributed by atoms with Gasteiger partial charge in [-0.3, -0.25) is 0 Å². The Kier molecular flexibility index (Phi) is 14.7. The average molecular weight is 405 g/mol. The molecule has 1 aliphatic heterocycles. The number of carbonyl (C=O) groups excluding carboxylic acids is 1. The summed E-state index contributed by atoms with van der Waals surface area (Å²) in [7, 11) is 0. The van der Waals surface area contributed by atoms with Crippen LogP contribution in [0.25, 0.3) is 0 Å². The summed E-state index contributed by atoms with van der Waals surface area (Å²) in [6, 6.07) is 0. The fourth-order valence-electron chi connectivity index (χ4n) is 2.37. The maximum Gasteiger partial charge on any atom is 0.330 e. The van der Waals surface area contributed by atoms with Gasteiger partial charge in [-0.1, -0.05) is 33.8 Å². The summed E-state index contributed by atoms with van der Waals surface area (Å²) in [5.74, 6) is -0.366. The molecule has 1 fully saturated rings. The Morgan fingerprint density at radius 2 is 1.61 bits per heavy atom. The van der Waals surface area contributed by atoms with E-state index in [1.54, 1.807) is 13.0 Å². The molecule has 1 rings (SSSR count). The van der Waals surface area contributed by atoms with E-state index >= 15 is 0 Å². The highest BCUT2D eigenvalue weighted by Crippen LogP contribution is 2.27. The van der Waals surface area contributed by atoms with E-state index in [-0.39, 0.29) is 18.5 Å². The van der Waals surface area contributed by atoms with E-state index in [2.05, 4.69) is 0 Å². The zero-order valence-electron chi connectivity index (χ0n) is 19.6. The summed E-state index contributed by atoms with van der Waals surface area (Å²) in [5, 5.41) is 19.7. The molecule has 1 saturated heterocycles. The van der Waals surface area contributed by atoms with Crippen molar-refractivity contribution in [2.75, 3.05) is 0 Å². The number of ether oxygens (including phenoxy) is 3. The Hall–Kier alpha value is -0.950. The maximum atomic E-state index is 11.6. The molecule has 0 aromatic heterocycles. The highest BCUT2D eigenvalue weighted by Gasteiger charge is 2.37. The zero-order chi connectivity index (χ0) is 22.5. The molecule has 4 atom stereocenters. The Morgan fingerprint density at radius 3 is 2.11 bits per heavy atom. The molecule has 0 aromatic rings. The lowest BCUT2D eigenvalue weighted by Crippen LogP contribution is -2.49. The Morgan fingerprint density at radius 1 is 1.07 bits per heavy atom. The summed E-state index contributed by atoms with van der Waals surface area (Å²) in [5.41, 5.74) is -1.04. The predicted octanol–water partition coefficient (Wildman–Crippen LogP) is 4.37. The Labute approximate surface area is 172 Å². The predicted molar refractivity (Wildman–Crippen MR) is 113 cm³/mol. The molecule has 0 bridgehead atoms. The van der Waals surface area contributed by atoms with E-state index in [1.165, 1.54) is 6.08 Å². The van der Waals surface area contributed by atoms with Crippen molar-refractivity contribution in [2.45, 2.75) is 124 Å². The molecule has 0 aromatic carbocycles. The third-order valence-corrected chi connectivity index (χ3v) is 3.70. The van der Waals surface area contributed by atoms with Gasteiger partial charge in [0.15, 0.2) is 6.29 Å². The third kappa shape index (κ3) is 13.3. The van der Waals surface area contributed by atoms with Crippen LogP contribution in [0.3, 0.4) is 0 Å². The summed E-state index contributed by atoms with van der Waals surface area (Å²) in [6.45, 7) is 19.0. The number of esters is 1. The van der Waals surface area contributed by atoms with Gasteiger partial charge in [0.25, 0.3) is 0 Å². The van der Waals surface area contributed by atoms with Crippen LogP contribution < -0.4 is 0 Å². The van der Waals surface area contributed by atoms with Crippen molar-refractivity contribution in [3.05, 3.63) is 12.2 Å². The molecule has 1 aliphatic rings. The van der Waals surface area contributed by atoms with Gasteiger partial charge in [-0.15, -0.1) is 0 Å². The molecule has 6 nitrogen and oxygen atoms in total. The normalized spacial score (nSPS) is 25.3. The number of carbonyl (C=O) groups is 1. The number of rotatable bonds is 6. The lowest BCUT2D eigenvalue weighted by Gasteiger charge is -2.39. The topological polar surface area (TPSA) is 85.2 Å². The second-order valence-corrected chi connectivity index (χ2v) is 7.93. The fraction of sp³-hybridized carbons (Fsp3) is 0.864. The van der Waals surface area contributed by atoms with Gasteiger partial charge in [-0.05, 0) is 54.4 Å². The van der Waals surface area contributed by atoms with Gasteiger partial charge in [0.2, 0.25) is 0 Å². The molecule has 2 N–H and O–H groups in total. The van der Waals surface area contributed by atoms with Gasteiger partial charge in [0.1, 0.15) is 11.7 Å². The molecule has 0 saturated carbocycles. The van der Waals surface area contributed by atoms with Crippen molar-refractivity contribution in [1.29, 1.82) is 0 Å². The molecule has 0 spiro atoms. The quantitative estimate of drug-likeness (QED) is 0.505. The van der Waals surface area contributed by atoms with Crippen LogP contribution >= 0.6 is 0 Å². The van der Waals surface area contributed by atoms with Crippen LogP contribution in [0, 0.1) is 0 Å². The van der Waals surface area contributed by atoms with Crippen LogP contribution in [0.1, 0.15) is 88.5 Å². The van der Waals surface area contributed by atoms with Crippen molar-refractivity contribution in [2.24, 2.45) is 0 Å². The van der Waals surface area contributed by atoms with Gasteiger partial charge < -0.3 is 24.4 Å². The van der Waals surface area contributed by atoms with E-state index < -0.39 is 29.7 Å². The minimum atomic E-state index is -0.854. The second-order valence-electron chi connectivity index (χ2n) is 7.93.